The molecule has 0 fully saturated rings. The van der Waals surface area contributed by atoms with Gasteiger partial charge in [0.15, 0.2) is 29.1 Å². The predicted octanol–water partition coefficient (Wildman–Crippen LogP) is 9.69. The second-order valence-corrected chi connectivity index (χ2v) is 9.20. The van der Waals surface area contributed by atoms with E-state index >= 15 is 0 Å². The summed E-state index contributed by atoms with van der Waals surface area (Å²) in [6.45, 7) is 1.76. The summed E-state index contributed by atoms with van der Waals surface area (Å²) in [4.78, 5) is 0. The Morgan fingerprint density at radius 1 is 0.585 bits per heavy atom. The molecule has 0 aromatic heterocycles. The maximum absolute atomic E-state index is 14.7. The van der Waals surface area contributed by atoms with E-state index in [0.717, 1.165) is 12.1 Å². The normalized spacial score (nSPS) is 11.7. The van der Waals surface area contributed by atoms with Crippen LogP contribution in [0.3, 0.4) is 0 Å². The Balaban J connectivity index is 1.49. The summed E-state index contributed by atoms with van der Waals surface area (Å²) in [6, 6.07) is 7.14. The molecule has 4 rings (SSSR count). The number of alkyl halides is 2. The second kappa shape index (κ2) is 11.8. The smallest absolute Gasteiger partial charge is 0.398 e. The Kier molecular flexibility index (Phi) is 8.65. The molecule has 41 heavy (non-hydrogen) atoms. The predicted molar refractivity (Wildman–Crippen MR) is 131 cm³/mol. The van der Waals surface area contributed by atoms with Crippen molar-refractivity contribution in [2.75, 3.05) is 0 Å². The molecule has 0 unspecified atom stereocenters. The van der Waals surface area contributed by atoms with Gasteiger partial charge < -0.3 is 4.74 Å². The second-order valence-electron chi connectivity index (χ2n) is 9.20. The van der Waals surface area contributed by atoms with Gasteiger partial charge >= 0.3 is 6.11 Å². The van der Waals surface area contributed by atoms with Crippen molar-refractivity contribution in [3.8, 4) is 28.0 Å². The molecule has 216 valence electrons. The molecule has 0 aliphatic rings. The first kappa shape index (κ1) is 30.0. The van der Waals surface area contributed by atoms with Crippen LogP contribution in [0, 0.1) is 46.5 Å². The zero-order valence-electron chi connectivity index (χ0n) is 21.2. The molecule has 0 bridgehead atoms. The molecule has 0 aliphatic heterocycles. The van der Waals surface area contributed by atoms with E-state index in [-0.39, 0.29) is 17.5 Å². The van der Waals surface area contributed by atoms with Gasteiger partial charge in [-0.25, -0.2) is 35.1 Å². The molecular formula is C30H20F10O. The summed E-state index contributed by atoms with van der Waals surface area (Å²) in [6.07, 6.45) is -5.39. The fourth-order valence-corrected chi connectivity index (χ4v) is 4.27. The van der Waals surface area contributed by atoms with E-state index in [1.165, 1.54) is 12.1 Å². The fourth-order valence-electron chi connectivity index (χ4n) is 4.27. The van der Waals surface area contributed by atoms with Crippen LogP contribution in [0.1, 0.15) is 30.9 Å². The van der Waals surface area contributed by atoms with Crippen LogP contribution in [0.2, 0.25) is 0 Å². The topological polar surface area (TPSA) is 9.23 Å². The van der Waals surface area contributed by atoms with Gasteiger partial charge in [0.1, 0.15) is 23.2 Å². The van der Waals surface area contributed by atoms with Crippen LogP contribution >= 0.6 is 0 Å². The standard InChI is InChI=1S/C30H20F10O/c1-2-3-15-4-6-20(28(37)27(15)36)17-10-22(31)21(23(32)11-17)8-9-30(39,40)41-18-5-7-19(24(33)14-18)16-12-25(34)29(38)26(35)13-16/h4-7,10-14H,2-3,8-9H2,1H3. The van der Waals surface area contributed by atoms with Gasteiger partial charge in [0.05, 0.1) is 6.42 Å². The van der Waals surface area contributed by atoms with Crippen LogP contribution in [0.15, 0.2) is 54.6 Å². The van der Waals surface area contributed by atoms with E-state index in [9.17, 15) is 43.9 Å². The number of hydrogen-bond acceptors (Lipinski definition) is 1. The van der Waals surface area contributed by atoms with Gasteiger partial charge in [0, 0.05) is 22.8 Å². The van der Waals surface area contributed by atoms with E-state index in [1.54, 1.807) is 6.92 Å². The molecule has 0 heterocycles. The quantitative estimate of drug-likeness (QED) is 0.140. The van der Waals surface area contributed by atoms with Crippen molar-refractivity contribution in [2.24, 2.45) is 0 Å². The van der Waals surface area contributed by atoms with Gasteiger partial charge in [-0.3, -0.25) is 0 Å². The molecule has 0 aliphatic carbocycles. The summed E-state index contributed by atoms with van der Waals surface area (Å²) >= 11 is 0. The van der Waals surface area contributed by atoms with E-state index in [1.807, 2.05) is 0 Å². The monoisotopic (exact) mass is 586 g/mol. The first-order chi connectivity index (χ1) is 19.3. The summed E-state index contributed by atoms with van der Waals surface area (Å²) < 4.78 is 146. The van der Waals surface area contributed by atoms with Crippen molar-refractivity contribution in [3.63, 3.8) is 0 Å². The maximum Gasteiger partial charge on any atom is 0.398 e. The lowest BCUT2D eigenvalue weighted by molar-refractivity contribution is -0.180. The van der Waals surface area contributed by atoms with Crippen LogP contribution in [0.25, 0.3) is 22.3 Å². The third kappa shape index (κ3) is 6.49. The van der Waals surface area contributed by atoms with Gasteiger partial charge in [-0.2, -0.15) is 8.78 Å². The van der Waals surface area contributed by atoms with E-state index in [0.29, 0.717) is 36.8 Å². The number of aryl methyl sites for hydroxylation is 1. The molecule has 0 N–H and O–H groups in total. The Labute approximate surface area is 228 Å². The van der Waals surface area contributed by atoms with Crippen molar-refractivity contribution in [2.45, 2.75) is 38.7 Å². The lowest BCUT2D eigenvalue weighted by Crippen LogP contribution is -2.26. The van der Waals surface area contributed by atoms with Crippen molar-refractivity contribution < 1.29 is 48.6 Å². The Bertz CT molecular complexity index is 1550. The highest BCUT2D eigenvalue weighted by atomic mass is 19.3. The van der Waals surface area contributed by atoms with Crippen LogP contribution < -0.4 is 4.74 Å². The fraction of sp³-hybridized carbons (Fsp3) is 0.200. The molecule has 0 spiro atoms. The molecule has 0 saturated heterocycles. The van der Waals surface area contributed by atoms with Crippen LogP contribution in [0.5, 0.6) is 5.75 Å². The summed E-state index contributed by atoms with van der Waals surface area (Å²) in [5.41, 5.74) is -2.23. The summed E-state index contributed by atoms with van der Waals surface area (Å²) in [5.74, 6) is -11.9. The van der Waals surface area contributed by atoms with Crippen LogP contribution in [-0.2, 0) is 12.8 Å². The molecule has 1 nitrogen and oxygen atoms in total. The number of halogens is 10. The third-order valence-corrected chi connectivity index (χ3v) is 6.30. The largest absolute Gasteiger partial charge is 0.432 e. The van der Waals surface area contributed by atoms with Crippen LogP contribution in [0.4, 0.5) is 43.9 Å². The average Bonchev–Trinajstić information content (AvgIpc) is 2.89. The maximum atomic E-state index is 14.7. The molecule has 0 saturated carbocycles. The Morgan fingerprint density at radius 3 is 1.73 bits per heavy atom. The number of hydrogen-bond donors (Lipinski definition) is 0. The zero-order valence-corrected chi connectivity index (χ0v) is 21.2. The average molecular weight is 586 g/mol. The Hall–Kier alpha value is -4.02. The van der Waals surface area contributed by atoms with Crippen molar-refractivity contribution in [1.29, 1.82) is 0 Å². The molecule has 0 atom stereocenters. The first-order valence-electron chi connectivity index (χ1n) is 12.3. The van der Waals surface area contributed by atoms with Crippen LogP contribution in [-0.4, -0.2) is 6.11 Å². The van der Waals surface area contributed by atoms with Gasteiger partial charge in [0.2, 0.25) is 0 Å². The van der Waals surface area contributed by atoms with Crippen molar-refractivity contribution in [1.82, 2.24) is 0 Å². The van der Waals surface area contributed by atoms with Gasteiger partial charge in [-0.1, -0.05) is 25.5 Å². The molecule has 11 heteroatoms. The van der Waals surface area contributed by atoms with E-state index in [4.69, 9.17) is 0 Å². The van der Waals surface area contributed by atoms with Gasteiger partial charge in [0.25, 0.3) is 0 Å². The highest BCUT2D eigenvalue weighted by Crippen LogP contribution is 2.34. The number of rotatable bonds is 9. The molecule has 0 radical (unpaired) electrons. The molecule has 4 aromatic carbocycles. The summed E-state index contributed by atoms with van der Waals surface area (Å²) in [7, 11) is 0. The summed E-state index contributed by atoms with van der Waals surface area (Å²) in [5, 5.41) is 0. The van der Waals surface area contributed by atoms with Gasteiger partial charge in [-0.05, 0) is 65.9 Å². The van der Waals surface area contributed by atoms with Crippen molar-refractivity contribution >= 4 is 0 Å². The van der Waals surface area contributed by atoms with E-state index in [2.05, 4.69) is 4.74 Å². The SMILES string of the molecule is CCCc1ccc(-c2cc(F)c(CCC(F)(F)Oc3ccc(-c4cc(F)c(F)c(F)c4)c(F)c3)c(F)c2)c(F)c1F. The minimum atomic E-state index is -4.05. The zero-order chi connectivity index (χ0) is 30.1. The van der Waals surface area contributed by atoms with Gasteiger partial charge in [-0.15, -0.1) is 0 Å². The molecule has 0 amide bonds. The minimum Gasteiger partial charge on any atom is -0.432 e. The molecular weight excluding hydrogens is 566 g/mol. The number of benzene rings is 4. The van der Waals surface area contributed by atoms with E-state index < -0.39 is 93.5 Å². The lowest BCUT2D eigenvalue weighted by atomic mass is 9.98. The highest BCUT2D eigenvalue weighted by molar-refractivity contribution is 5.66. The minimum absolute atomic E-state index is 0.0984. The Morgan fingerprint density at radius 2 is 1.15 bits per heavy atom. The van der Waals surface area contributed by atoms with Crippen molar-refractivity contribution in [3.05, 3.63) is 112 Å². The highest BCUT2D eigenvalue weighted by Gasteiger charge is 2.33. The third-order valence-electron chi connectivity index (χ3n) is 6.30. The lowest BCUT2D eigenvalue weighted by Gasteiger charge is -2.19. The number of ether oxygens (including phenoxy) is 1. The first-order valence-corrected chi connectivity index (χ1v) is 12.3. The molecule has 4 aromatic rings.